The highest BCUT2D eigenvalue weighted by atomic mass is 16.5. The Hall–Kier alpha value is -0.850. The molecule has 0 saturated carbocycles. The number of carbonyl (C=O) groups is 1. The van der Waals surface area contributed by atoms with E-state index in [0.717, 1.165) is 52.2 Å². The number of carbonyl (C=O) groups excluding carboxylic acids is 1. The summed E-state index contributed by atoms with van der Waals surface area (Å²) in [5, 5.41) is 0. The summed E-state index contributed by atoms with van der Waals surface area (Å²) in [7, 11) is 3.63. The molecule has 0 unspecified atom stereocenters. The summed E-state index contributed by atoms with van der Waals surface area (Å²) in [4.78, 5) is 18.0. The second-order valence-corrected chi connectivity index (χ2v) is 6.10. The number of rotatable bonds is 3. The van der Waals surface area contributed by atoms with E-state index < -0.39 is 0 Å². The van der Waals surface area contributed by atoms with Gasteiger partial charge in [-0.15, -0.1) is 0 Å². The predicted octanol–water partition coefficient (Wildman–Crippen LogP) is 0.0395. The molecular formula is C14H28N4O2. The van der Waals surface area contributed by atoms with Crippen LogP contribution in [0.2, 0.25) is 0 Å². The Morgan fingerprint density at radius 3 is 2.60 bits per heavy atom. The number of piperidine rings is 1. The van der Waals surface area contributed by atoms with E-state index in [1.807, 2.05) is 19.0 Å². The Labute approximate surface area is 121 Å². The van der Waals surface area contributed by atoms with Crippen LogP contribution in [0, 0.1) is 5.92 Å². The Kier molecular flexibility index (Phi) is 5.63. The lowest BCUT2D eigenvalue weighted by atomic mass is 9.96. The van der Waals surface area contributed by atoms with E-state index in [4.69, 9.17) is 10.5 Å². The van der Waals surface area contributed by atoms with Gasteiger partial charge in [0.15, 0.2) is 0 Å². The number of hydrogen-bond donors (Lipinski definition) is 1. The molecule has 6 heteroatoms. The first-order chi connectivity index (χ1) is 9.60. The van der Waals surface area contributed by atoms with Gasteiger partial charge in [-0.1, -0.05) is 0 Å². The van der Waals surface area contributed by atoms with Crippen LogP contribution in [-0.4, -0.2) is 86.8 Å². The van der Waals surface area contributed by atoms with Gasteiger partial charge in [-0.3, -0.25) is 4.90 Å². The van der Waals surface area contributed by atoms with Crippen LogP contribution in [0.5, 0.6) is 0 Å². The van der Waals surface area contributed by atoms with Crippen LogP contribution in [-0.2, 0) is 4.74 Å². The molecule has 2 amide bonds. The van der Waals surface area contributed by atoms with Gasteiger partial charge in [0.1, 0.15) is 0 Å². The minimum Gasteiger partial charge on any atom is -0.374 e. The summed E-state index contributed by atoms with van der Waals surface area (Å²) in [5.41, 5.74) is 5.68. The fraction of sp³-hybridized carbons (Fsp3) is 0.929. The molecule has 2 rings (SSSR count). The third-order valence-electron chi connectivity index (χ3n) is 4.27. The molecule has 20 heavy (non-hydrogen) atoms. The molecule has 2 saturated heterocycles. The van der Waals surface area contributed by atoms with E-state index in [9.17, 15) is 4.79 Å². The first kappa shape index (κ1) is 15.5. The second-order valence-electron chi connectivity index (χ2n) is 6.10. The van der Waals surface area contributed by atoms with E-state index in [-0.39, 0.29) is 12.1 Å². The van der Waals surface area contributed by atoms with Gasteiger partial charge in [-0.2, -0.15) is 0 Å². The number of nitrogens with two attached hydrogens (primary N) is 1. The van der Waals surface area contributed by atoms with Gasteiger partial charge in [0.25, 0.3) is 0 Å². The highest BCUT2D eigenvalue weighted by molar-refractivity contribution is 5.73. The molecule has 1 atom stereocenters. The minimum absolute atomic E-state index is 0.137. The second kappa shape index (κ2) is 7.24. The van der Waals surface area contributed by atoms with Crippen LogP contribution >= 0.6 is 0 Å². The Bertz CT molecular complexity index is 316. The zero-order valence-electron chi connectivity index (χ0n) is 12.8. The van der Waals surface area contributed by atoms with Gasteiger partial charge in [-0.25, -0.2) is 4.79 Å². The summed E-state index contributed by atoms with van der Waals surface area (Å²) in [5.74, 6) is 0.692. The molecule has 0 aromatic rings. The molecule has 0 aromatic carbocycles. The largest absolute Gasteiger partial charge is 0.374 e. The highest BCUT2D eigenvalue weighted by Gasteiger charge is 2.27. The third-order valence-corrected chi connectivity index (χ3v) is 4.27. The Balaban J connectivity index is 1.73. The molecule has 0 aliphatic carbocycles. The monoisotopic (exact) mass is 284 g/mol. The minimum atomic E-state index is 0.137. The van der Waals surface area contributed by atoms with Gasteiger partial charge < -0.3 is 20.3 Å². The number of likely N-dealkylation sites (tertiary alicyclic amines) is 1. The number of urea groups is 1. The maximum absolute atomic E-state index is 11.9. The molecule has 0 radical (unpaired) electrons. The van der Waals surface area contributed by atoms with Crippen molar-refractivity contribution in [1.82, 2.24) is 14.7 Å². The van der Waals surface area contributed by atoms with E-state index in [2.05, 4.69) is 4.90 Å². The first-order valence-corrected chi connectivity index (χ1v) is 7.60. The number of hydrogen-bond acceptors (Lipinski definition) is 4. The van der Waals surface area contributed by atoms with Gasteiger partial charge in [-0.05, 0) is 18.8 Å². The molecule has 2 aliphatic rings. The molecule has 2 heterocycles. The van der Waals surface area contributed by atoms with E-state index in [0.29, 0.717) is 12.5 Å². The molecule has 6 nitrogen and oxygen atoms in total. The lowest BCUT2D eigenvalue weighted by Gasteiger charge is -2.38. The summed E-state index contributed by atoms with van der Waals surface area (Å²) >= 11 is 0. The van der Waals surface area contributed by atoms with Gasteiger partial charge in [0.05, 0.1) is 12.7 Å². The molecule has 0 spiro atoms. The summed E-state index contributed by atoms with van der Waals surface area (Å²) in [6, 6.07) is 0.137. The smallest absolute Gasteiger partial charge is 0.319 e. The third kappa shape index (κ3) is 4.07. The molecule has 116 valence electrons. The topological polar surface area (TPSA) is 62.0 Å². The molecule has 0 aromatic heterocycles. The van der Waals surface area contributed by atoms with Gasteiger partial charge in [0, 0.05) is 53.4 Å². The fourth-order valence-electron chi connectivity index (χ4n) is 3.04. The van der Waals surface area contributed by atoms with Crippen molar-refractivity contribution in [1.29, 1.82) is 0 Å². The van der Waals surface area contributed by atoms with E-state index in [1.165, 1.54) is 0 Å². The number of amides is 2. The van der Waals surface area contributed by atoms with Crippen LogP contribution < -0.4 is 5.73 Å². The van der Waals surface area contributed by atoms with Crippen molar-refractivity contribution >= 4 is 6.03 Å². The number of ether oxygens (including phenoxy) is 1. The Morgan fingerprint density at radius 2 is 2.00 bits per heavy atom. The maximum atomic E-state index is 11.9. The van der Waals surface area contributed by atoms with Gasteiger partial charge >= 0.3 is 6.03 Å². The average molecular weight is 284 g/mol. The van der Waals surface area contributed by atoms with Crippen molar-refractivity contribution < 1.29 is 9.53 Å². The van der Waals surface area contributed by atoms with Crippen molar-refractivity contribution in [2.75, 3.05) is 60.0 Å². The van der Waals surface area contributed by atoms with Crippen molar-refractivity contribution in [2.24, 2.45) is 11.7 Å². The van der Waals surface area contributed by atoms with Crippen LogP contribution in [0.15, 0.2) is 0 Å². The maximum Gasteiger partial charge on any atom is 0.319 e. The van der Waals surface area contributed by atoms with Crippen LogP contribution in [0.4, 0.5) is 4.79 Å². The summed E-state index contributed by atoms with van der Waals surface area (Å²) in [6.07, 6.45) is 2.40. The zero-order chi connectivity index (χ0) is 14.5. The molecule has 2 aliphatic heterocycles. The summed E-state index contributed by atoms with van der Waals surface area (Å²) in [6.45, 7) is 6.23. The zero-order valence-corrected chi connectivity index (χ0v) is 12.8. The molecule has 2 N–H and O–H groups in total. The first-order valence-electron chi connectivity index (χ1n) is 7.60. The molecule has 0 bridgehead atoms. The summed E-state index contributed by atoms with van der Waals surface area (Å²) < 4.78 is 5.60. The van der Waals surface area contributed by atoms with Crippen molar-refractivity contribution in [3.8, 4) is 0 Å². The number of morpholine rings is 1. The number of nitrogens with zero attached hydrogens (tertiary/aromatic N) is 3. The Morgan fingerprint density at radius 1 is 1.30 bits per heavy atom. The van der Waals surface area contributed by atoms with E-state index in [1.54, 1.807) is 4.90 Å². The quantitative estimate of drug-likeness (QED) is 0.795. The highest BCUT2D eigenvalue weighted by Crippen LogP contribution is 2.20. The molecular weight excluding hydrogens is 256 g/mol. The van der Waals surface area contributed by atoms with Gasteiger partial charge in [0.2, 0.25) is 0 Å². The molecule has 2 fully saturated rings. The standard InChI is InChI=1S/C14H28N4O2/c1-16(2)14(19)18-5-3-12(4-6-18)10-17-7-8-20-13(9-15)11-17/h12-13H,3-11,15H2,1-2H3/t13-/m0/s1. The SMILES string of the molecule is CN(C)C(=O)N1CCC(CN2CCO[C@@H](CN)C2)CC1. The van der Waals surface area contributed by atoms with Crippen molar-refractivity contribution in [3.63, 3.8) is 0 Å². The lowest BCUT2D eigenvalue weighted by Crippen LogP contribution is -2.49. The fourth-order valence-corrected chi connectivity index (χ4v) is 3.04. The van der Waals surface area contributed by atoms with Crippen LogP contribution in [0.3, 0.4) is 0 Å². The lowest BCUT2D eigenvalue weighted by molar-refractivity contribution is -0.0301. The van der Waals surface area contributed by atoms with E-state index >= 15 is 0 Å². The van der Waals surface area contributed by atoms with Crippen molar-refractivity contribution in [2.45, 2.75) is 18.9 Å². The predicted molar refractivity (Wildman–Crippen MR) is 78.6 cm³/mol. The normalized spacial score (nSPS) is 25.8. The van der Waals surface area contributed by atoms with Crippen LogP contribution in [0.1, 0.15) is 12.8 Å². The average Bonchev–Trinajstić information content (AvgIpc) is 2.47. The van der Waals surface area contributed by atoms with Crippen LogP contribution in [0.25, 0.3) is 0 Å². The van der Waals surface area contributed by atoms with Crippen molar-refractivity contribution in [3.05, 3.63) is 0 Å².